The molecule has 0 aliphatic carbocycles. The molecule has 0 bridgehead atoms. The molecule has 0 heterocycles. The van der Waals surface area contributed by atoms with Crippen molar-refractivity contribution >= 4 is 33.5 Å². The molecule has 0 N–H and O–H groups in total. The van der Waals surface area contributed by atoms with E-state index in [0.29, 0.717) is 11.5 Å². The van der Waals surface area contributed by atoms with Gasteiger partial charge in [-0.1, -0.05) is 72.8 Å². The lowest BCUT2D eigenvalue weighted by Gasteiger charge is -2.09. The van der Waals surface area contributed by atoms with Gasteiger partial charge in [-0.3, -0.25) is 9.59 Å². The van der Waals surface area contributed by atoms with Crippen LogP contribution in [0.1, 0.15) is 12.8 Å². The summed E-state index contributed by atoms with van der Waals surface area (Å²) >= 11 is 0. The summed E-state index contributed by atoms with van der Waals surface area (Å²) in [6.45, 7) is 0. The smallest absolute Gasteiger partial charge is 0.311 e. The molecule has 4 aromatic rings. The fraction of sp³-hybridized carbons (Fsp3) is 0.0833. The summed E-state index contributed by atoms with van der Waals surface area (Å²) in [6, 6.07) is 26.4. The van der Waals surface area contributed by atoms with E-state index in [1.165, 1.54) is 0 Å². The fourth-order valence-electron chi connectivity index (χ4n) is 3.12. The van der Waals surface area contributed by atoms with Crippen molar-refractivity contribution < 1.29 is 19.1 Å². The third kappa shape index (κ3) is 3.86. The Morgan fingerprint density at radius 1 is 0.536 bits per heavy atom. The average molecular weight is 370 g/mol. The molecule has 0 unspecified atom stereocenters. The van der Waals surface area contributed by atoms with Crippen LogP contribution in [-0.2, 0) is 9.59 Å². The first-order valence-corrected chi connectivity index (χ1v) is 9.07. The van der Waals surface area contributed by atoms with Crippen LogP contribution in [0.4, 0.5) is 0 Å². The highest BCUT2D eigenvalue weighted by Crippen LogP contribution is 2.27. The van der Waals surface area contributed by atoms with Gasteiger partial charge in [-0.25, -0.2) is 0 Å². The van der Waals surface area contributed by atoms with E-state index in [0.717, 1.165) is 21.5 Å². The molecule has 0 atom stereocenters. The monoisotopic (exact) mass is 370 g/mol. The normalized spacial score (nSPS) is 10.7. The number of esters is 2. The minimum atomic E-state index is -0.466. The maximum atomic E-state index is 12.2. The van der Waals surface area contributed by atoms with E-state index in [4.69, 9.17) is 9.47 Å². The molecular formula is C24H18O4. The van der Waals surface area contributed by atoms with Gasteiger partial charge in [0.1, 0.15) is 11.5 Å². The molecule has 28 heavy (non-hydrogen) atoms. The van der Waals surface area contributed by atoms with Gasteiger partial charge in [-0.15, -0.1) is 0 Å². The summed E-state index contributed by atoms with van der Waals surface area (Å²) in [6.07, 6.45) is -0.0976. The second kappa shape index (κ2) is 7.92. The number of rotatable bonds is 5. The Balaban J connectivity index is 1.38. The summed E-state index contributed by atoms with van der Waals surface area (Å²) in [4.78, 5) is 24.4. The zero-order chi connectivity index (χ0) is 19.3. The summed E-state index contributed by atoms with van der Waals surface area (Å²) in [5.74, 6) is 0.0495. The van der Waals surface area contributed by atoms with E-state index in [1.54, 1.807) is 12.1 Å². The Hall–Kier alpha value is -3.66. The van der Waals surface area contributed by atoms with Gasteiger partial charge >= 0.3 is 11.9 Å². The molecule has 0 aliphatic heterocycles. The van der Waals surface area contributed by atoms with Crippen molar-refractivity contribution in [3.8, 4) is 11.5 Å². The van der Waals surface area contributed by atoms with Gasteiger partial charge in [0.25, 0.3) is 0 Å². The Bertz CT molecular complexity index is 1060. The first-order valence-electron chi connectivity index (χ1n) is 9.07. The summed E-state index contributed by atoms with van der Waals surface area (Å²) in [5, 5.41) is 3.69. The Morgan fingerprint density at radius 2 is 0.929 bits per heavy atom. The molecule has 0 radical (unpaired) electrons. The number of fused-ring (bicyclic) bond motifs is 2. The van der Waals surface area contributed by atoms with E-state index >= 15 is 0 Å². The van der Waals surface area contributed by atoms with Crippen molar-refractivity contribution in [1.82, 2.24) is 0 Å². The van der Waals surface area contributed by atoms with E-state index in [9.17, 15) is 9.59 Å². The zero-order valence-corrected chi connectivity index (χ0v) is 15.1. The molecule has 4 rings (SSSR count). The van der Waals surface area contributed by atoms with Crippen molar-refractivity contribution in [2.75, 3.05) is 0 Å². The Labute approximate surface area is 162 Å². The van der Waals surface area contributed by atoms with Crippen molar-refractivity contribution in [2.24, 2.45) is 0 Å². The number of benzene rings is 4. The lowest BCUT2D eigenvalue weighted by atomic mass is 10.1. The predicted molar refractivity (Wildman–Crippen MR) is 108 cm³/mol. The molecule has 0 fully saturated rings. The lowest BCUT2D eigenvalue weighted by molar-refractivity contribution is -0.140. The number of ether oxygens (including phenoxy) is 2. The first kappa shape index (κ1) is 17.7. The second-order valence-electron chi connectivity index (χ2n) is 6.40. The Kier molecular flexibility index (Phi) is 5.02. The number of carbonyl (C=O) groups is 2. The van der Waals surface area contributed by atoms with Crippen LogP contribution in [0.15, 0.2) is 84.9 Å². The minimum absolute atomic E-state index is 0.0488. The zero-order valence-electron chi connectivity index (χ0n) is 15.1. The Morgan fingerprint density at radius 3 is 1.39 bits per heavy atom. The van der Waals surface area contributed by atoms with Crippen molar-refractivity contribution in [2.45, 2.75) is 12.8 Å². The van der Waals surface area contributed by atoms with Gasteiger partial charge in [-0.2, -0.15) is 0 Å². The van der Waals surface area contributed by atoms with Crippen LogP contribution in [0, 0.1) is 0 Å². The predicted octanol–water partition coefficient (Wildman–Crippen LogP) is 5.28. The van der Waals surface area contributed by atoms with Crippen LogP contribution in [-0.4, -0.2) is 11.9 Å². The molecule has 0 spiro atoms. The largest absolute Gasteiger partial charge is 0.426 e. The van der Waals surface area contributed by atoms with E-state index in [-0.39, 0.29) is 12.8 Å². The average Bonchev–Trinajstić information content (AvgIpc) is 2.73. The van der Waals surface area contributed by atoms with Gasteiger partial charge in [-0.05, 0) is 22.9 Å². The van der Waals surface area contributed by atoms with Gasteiger partial charge in [0.15, 0.2) is 0 Å². The highest BCUT2D eigenvalue weighted by molar-refractivity contribution is 5.92. The second-order valence-corrected chi connectivity index (χ2v) is 6.40. The standard InChI is InChI=1S/C24H18O4/c25-23(27-21-13-5-9-17-7-1-3-11-19(17)21)15-16-24(26)28-22-14-6-10-18-8-2-4-12-20(18)22/h1-14H,15-16H2. The van der Waals surface area contributed by atoms with Gasteiger partial charge in [0.05, 0.1) is 12.8 Å². The van der Waals surface area contributed by atoms with Crippen molar-refractivity contribution in [3.05, 3.63) is 84.9 Å². The quantitative estimate of drug-likeness (QED) is 0.354. The molecule has 4 heteroatoms. The number of hydrogen-bond acceptors (Lipinski definition) is 4. The summed E-state index contributed by atoms with van der Waals surface area (Å²) < 4.78 is 10.9. The van der Waals surface area contributed by atoms with Crippen LogP contribution in [0.2, 0.25) is 0 Å². The van der Waals surface area contributed by atoms with Crippen molar-refractivity contribution in [1.29, 1.82) is 0 Å². The molecule has 0 amide bonds. The topological polar surface area (TPSA) is 52.6 Å². The van der Waals surface area contributed by atoms with Crippen LogP contribution in [0.5, 0.6) is 11.5 Å². The van der Waals surface area contributed by atoms with E-state index in [1.807, 2.05) is 72.8 Å². The molecule has 4 aromatic carbocycles. The highest BCUT2D eigenvalue weighted by atomic mass is 16.5. The fourth-order valence-corrected chi connectivity index (χ4v) is 3.12. The van der Waals surface area contributed by atoms with Crippen LogP contribution in [0.25, 0.3) is 21.5 Å². The number of carbonyl (C=O) groups excluding carboxylic acids is 2. The third-order valence-electron chi connectivity index (χ3n) is 4.48. The van der Waals surface area contributed by atoms with Gasteiger partial charge in [0, 0.05) is 10.8 Å². The molecule has 0 aliphatic rings. The van der Waals surface area contributed by atoms with Gasteiger partial charge < -0.3 is 9.47 Å². The number of hydrogen-bond donors (Lipinski definition) is 0. The molecule has 0 aromatic heterocycles. The highest BCUT2D eigenvalue weighted by Gasteiger charge is 2.13. The van der Waals surface area contributed by atoms with Crippen molar-refractivity contribution in [3.63, 3.8) is 0 Å². The molecule has 0 saturated carbocycles. The van der Waals surface area contributed by atoms with E-state index < -0.39 is 11.9 Å². The van der Waals surface area contributed by atoms with Crippen LogP contribution < -0.4 is 9.47 Å². The van der Waals surface area contributed by atoms with E-state index in [2.05, 4.69) is 0 Å². The third-order valence-corrected chi connectivity index (χ3v) is 4.48. The van der Waals surface area contributed by atoms with Crippen LogP contribution >= 0.6 is 0 Å². The maximum absolute atomic E-state index is 12.2. The molecular weight excluding hydrogens is 352 g/mol. The van der Waals surface area contributed by atoms with Crippen LogP contribution in [0.3, 0.4) is 0 Å². The maximum Gasteiger partial charge on any atom is 0.311 e. The summed E-state index contributed by atoms with van der Waals surface area (Å²) in [5.41, 5.74) is 0. The first-order chi connectivity index (χ1) is 13.7. The molecule has 0 saturated heterocycles. The minimum Gasteiger partial charge on any atom is -0.426 e. The molecule has 4 nitrogen and oxygen atoms in total. The summed E-state index contributed by atoms with van der Waals surface area (Å²) in [7, 11) is 0. The molecule has 138 valence electrons. The lowest BCUT2D eigenvalue weighted by Crippen LogP contribution is -2.14. The van der Waals surface area contributed by atoms with Gasteiger partial charge in [0.2, 0.25) is 0 Å². The SMILES string of the molecule is O=C(CCC(=O)Oc1cccc2ccccc12)Oc1cccc2ccccc12.